The Morgan fingerprint density at radius 1 is 1.23 bits per heavy atom. The molecule has 0 bridgehead atoms. The molecule has 1 aromatic rings. The van der Waals surface area contributed by atoms with Crippen molar-refractivity contribution in [1.82, 2.24) is 0 Å². The average molecular weight is 172 g/mol. The Morgan fingerprint density at radius 2 is 2.08 bits per heavy atom. The third-order valence-corrected chi connectivity index (χ3v) is 2.30. The first-order chi connectivity index (χ1) is 6.42. The molecule has 0 saturated heterocycles. The van der Waals surface area contributed by atoms with Gasteiger partial charge in [0.25, 0.3) is 0 Å². The molecular formula is C12H12O. The maximum absolute atomic E-state index is 9.16. The van der Waals surface area contributed by atoms with Crippen LogP contribution < -0.4 is 0 Å². The molecule has 1 aliphatic carbocycles. The highest BCUT2D eigenvalue weighted by atomic mass is 16.3. The topological polar surface area (TPSA) is 20.2 Å². The first kappa shape index (κ1) is 8.27. The highest BCUT2D eigenvalue weighted by molar-refractivity contribution is 5.71. The van der Waals surface area contributed by atoms with E-state index in [1.54, 1.807) is 0 Å². The number of aliphatic hydroxyl groups is 1. The number of rotatable bonds is 1. The number of fused-ring (bicyclic) bond motifs is 1. The molecule has 13 heavy (non-hydrogen) atoms. The van der Waals surface area contributed by atoms with Gasteiger partial charge in [0.1, 0.15) is 0 Å². The summed E-state index contributed by atoms with van der Waals surface area (Å²) in [5.41, 5.74) is 3.47. The van der Waals surface area contributed by atoms with E-state index < -0.39 is 0 Å². The van der Waals surface area contributed by atoms with Crippen LogP contribution in [0, 0.1) is 0 Å². The summed E-state index contributed by atoms with van der Waals surface area (Å²) in [6.45, 7) is 0.112. The van der Waals surface area contributed by atoms with Crippen molar-refractivity contribution >= 4 is 5.57 Å². The smallest absolute Gasteiger partial charge is 0.0687 e. The van der Waals surface area contributed by atoms with E-state index in [4.69, 9.17) is 5.11 Å². The normalized spacial score (nSPS) is 14.7. The second-order valence-electron chi connectivity index (χ2n) is 3.14. The van der Waals surface area contributed by atoms with Gasteiger partial charge < -0.3 is 5.11 Å². The van der Waals surface area contributed by atoms with Crippen LogP contribution in [0.3, 0.4) is 0 Å². The lowest BCUT2D eigenvalue weighted by Gasteiger charge is -2.07. The van der Waals surface area contributed by atoms with Crippen LogP contribution in [0.1, 0.15) is 11.1 Å². The van der Waals surface area contributed by atoms with Crippen LogP contribution in [0.15, 0.2) is 42.5 Å². The van der Waals surface area contributed by atoms with Crippen molar-refractivity contribution < 1.29 is 5.11 Å². The molecule has 66 valence electrons. The van der Waals surface area contributed by atoms with E-state index in [0.29, 0.717) is 0 Å². The van der Waals surface area contributed by atoms with Crippen molar-refractivity contribution in [3.05, 3.63) is 53.6 Å². The van der Waals surface area contributed by atoms with Gasteiger partial charge in [0.05, 0.1) is 6.61 Å². The van der Waals surface area contributed by atoms with Crippen LogP contribution >= 0.6 is 0 Å². The van der Waals surface area contributed by atoms with Crippen molar-refractivity contribution in [3.63, 3.8) is 0 Å². The first-order valence-electron chi connectivity index (χ1n) is 4.46. The number of allylic oxidation sites excluding steroid dienone is 3. The van der Waals surface area contributed by atoms with Crippen LogP contribution in [-0.4, -0.2) is 11.7 Å². The molecule has 0 heterocycles. The molecule has 1 aliphatic rings. The van der Waals surface area contributed by atoms with Crippen LogP contribution in [0.4, 0.5) is 0 Å². The fraction of sp³-hybridized carbons (Fsp3) is 0.167. The summed E-state index contributed by atoms with van der Waals surface area (Å²) in [5, 5.41) is 9.16. The Balaban J connectivity index is 2.53. The fourth-order valence-corrected chi connectivity index (χ4v) is 1.62. The number of hydrogen-bond acceptors (Lipinski definition) is 1. The predicted octanol–water partition coefficient (Wildman–Crippen LogP) is 2.17. The number of hydrogen-bond donors (Lipinski definition) is 1. The summed E-state index contributed by atoms with van der Waals surface area (Å²) in [6, 6.07) is 8.21. The molecule has 1 nitrogen and oxygen atoms in total. The van der Waals surface area contributed by atoms with E-state index in [1.807, 2.05) is 24.3 Å². The molecule has 1 heteroatoms. The van der Waals surface area contributed by atoms with E-state index in [-0.39, 0.29) is 6.61 Å². The highest BCUT2D eigenvalue weighted by Crippen LogP contribution is 2.21. The molecule has 0 fully saturated rings. The summed E-state index contributed by atoms with van der Waals surface area (Å²) in [4.78, 5) is 0. The van der Waals surface area contributed by atoms with Gasteiger partial charge in [0, 0.05) is 0 Å². The molecule has 1 aromatic carbocycles. The summed E-state index contributed by atoms with van der Waals surface area (Å²) in [5.74, 6) is 0. The zero-order chi connectivity index (χ0) is 9.10. The molecule has 0 radical (unpaired) electrons. The first-order valence-corrected chi connectivity index (χ1v) is 4.46. The largest absolute Gasteiger partial charge is 0.392 e. The minimum atomic E-state index is 0.112. The van der Waals surface area contributed by atoms with Gasteiger partial charge in [-0.1, -0.05) is 42.5 Å². The lowest BCUT2D eigenvalue weighted by atomic mass is 10.00. The minimum absolute atomic E-state index is 0.112. The highest BCUT2D eigenvalue weighted by Gasteiger charge is 2.06. The maximum atomic E-state index is 9.16. The van der Waals surface area contributed by atoms with Crippen molar-refractivity contribution in [2.45, 2.75) is 6.42 Å². The van der Waals surface area contributed by atoms with E-state index in [9.17, 15) is 0 Å². The quantitative estimate of drug-likeness (QED) is 0.688. The fourth-order valence-electron chi connectivity index (χ4n) is 1.62. The molecule has 0 atom stereocenters. The van der Waals surface area contributed by atoms with Gasteiger partial charge in [-0.05, 0) is 23.1 Å². The monoisotopic (exact) mass is 172 g/mol. The zero-order valence-electron chi connectivity index (χ0n) is 7.40. The van der Waals surface area contributed by atoms with Crippen LogP contribution in [-0.2, 0) is 6.42 Å². The Morgan fingerprint density at radius 3 is 2.92 bits per heavy atom. The van der Waals surface area contributed by atoms with Crippen LogP contribution in [0.5, 0.6) is 0 Å². The molecule has 0 spiro atoms. The van der Waals surface area contributed by atoms with Gasteiger partial charge in [-0.2, -0.15) is 0 Å². The summed E-state index contributed by atoms with van der Waals surface area (Å²) in [6.07, 6.45) is 7.05. The van der Waals surface area contributed by atoms with Gasteiger partial charge >= 0.3 is 0 Å². The lowest BCUT2D eigenvalue weighted by Crippen LogP contribution is -1.94. The summed E-state index contributed by atoms with van der Waals surface area (Å²) >= 11 is 0. The Hall–Kier alpha value is -1.34. The van der Waals surface area contributed by atoms with Crippen molar-refractivity contribution in [2.24, 2.45) is 0 Å². The molecule has 0 unspecified atom stereocenters. The minimum Gasteiger partial charge on any atom is -0.392 e. The molecule has 0 aliphatic heterocycles. The Kier molecular flexibility index (Phi) is 2.28. The van der Waals surface area contributed by atoms with Gasteiger partial charge in [-0.15, -0.1) is 0 Å². The van der Waals surface area contributed by atoms with Crippen molar-refractivity contribution in [1.29, 1.82) is 0 Å². The second kappa shape index (κ2) is 3.58. The number of benzene rings is 1. The third kappa shape index (κ3) is 1.56. The Labute approximate surface area is 78.0 Å². The number of aliphatic hydroxyl groups excluding tert-OH is 1. The molecule has 2 rings (SSSR count). The zero-order valence-corrected chi connectivity index (χ0v) is 7.40. The molecule has 0 amide bonds. The van der Waals surface area contributed by atoms with Gasteiger partial charge in [-0.3, -0.25) is 0 Å². The van der Waals surface area contributed by atoms with E-state index in [1.165, 1.54) is 11.1 Å². The Bertz CT molecular complexity index is 361. The van der Waals surface area contributed by atoms with Crippen molar-refractivity contribution in [2.75, 3.05) is 6.61 Å². The lowest BCUT2D eigenvalue weighted by molar-refractivity contribution is 0.350. The van der Waals surface area contributed by atoms with Gasteiger partial charge in [-0.25, -0.2) is 0 Å². The van der Waals surface area contributed by atoms with E-state index in [2.05, 4.69) is 18.2 Å². The van der Waals surface area contributed by atoms with E-state index in [0.717, 1.165) is 12.0 Å². The van der Waals surface area contributed by atoms with Crippen LogP contribution in [0.25, 0.3) is 5.57 Å². The van der Waals surface area contributed by atoms with Gasteiger partial charge in [0.15, 0.2) is 0 Å². The third-order valence-electron chi connectivity index (χ3n) is 2.30. The average Bonchev–Trinajstić information content (AvgIpc) is 2.39. The summed E-state index contributed by atoms with van der Waals surface area (Å²) in [7, 11) is 0. The predicted molar refractivity (Wildman–Crippen MR) is 54.3 cm³/mol. The molecule has 0 aromatic heterocycles. The van der Waals surface area contributed by atoms with E-state index >= 15 is 0 Å². The SMILES string of the molecule is OCC1=CC=CCc2ccccc21. The van der Waals surface area contributed by atoms with Crippen molar-refractivity contribution in [3.8, 4) is 0 Å². The standard InChI is InChI=1S/C12H12O/c13-9-11-7-2-1-5-10-6-3-4-8-12(10)11/h1-4,6-8,13H,5,9H2. The molecular weight excluding hydrogens is 160 g/mol. The molecule has 0 saturated carbocycles. The van der Waals surface area contributed by atoms with Gasteiger partial charge in [0.2, 0.25) is 0 Å². The van der Waals surface area contributed by atoms with Crippen LogP contribution in [0.2, 0.25) is 0 Å². The molecule has 1 N–H and O–H groups in total. The second-order valence-corrected chi connectivity index (χ2v) is 3.14. The summed E-state index contributed by atoms with van der Waals surface area (Å²) < 4.78 is 0. The maximum Gasteiger partial charge on any atom is 0.0687 e.